The average Bonchev–Trinajstić information content (AvgIpc) is 2.85. The van der Waals surface area contributed by atoms with Gasteiger partial charge >= 0.3 is 0 Å². The Morgan fingerprint density at radius 1 is 0.417 bits per heavy atom. The standard InChI is InChI=1S/C36H38/c1-2-27-4-5-28-6-7-30(35-15-21-8-22(16-35)10-23(9-21)17-35)34-31(14-29(3-1)32(27)33(28)34)36-18-24-11-25(19-36)13-26(12-24)20-36/h1-7,14,21-26H,8-13,15-20H2. The van der Waals surface area contributed by atoms with Gasteiger partial charge in [0.05, 0.1) is 0 Å². The minimum Gasteiger partial charge on any atom is -0.0610 e. The number of hydrogen-bond acceptors (Lipinski definition) is 0. The van der Waals surface area contributed by atoms with Crippen molar-refractivity contribution >= 4 is 32.3 Å². The molecule has 0 unspecified atom stereocenters. The van der Waals surface area contributed by atoms with Crippen molar-refractivity contribution in [2.24, 2.45) is 35.5 Å². The molecule has 8 fully saturated rings. The molecule has 0 aromatic heterocycles. The van der Waals surface area contributed by atoms with E-state index in [4.69, 9.17) is 0 Å². The second kappa shape index (κ2) is 6.48. The third-order valence-electron chi connectivity index (χ3n) is 12.8. The van der Waals surface area contributed by atoms with Crippen molar-refractivity contribution in [3.63, 3.8) is 0 Å². The van der Waals surface area contributed by atoms with Crippen LogP contribution in [0.2, 0.25) is 0 Å². The van der Waals surface area contributed by atoms with Crippen LogP contribution >= 0.6 is 0 Å². The van der Waals surface area contributed by atoms with Gasteiger partial charge in [-0.05, 0) is 173 Å². The van der Waals surface area contributed by atoms with E-state index in [9.17, 15) is 0 Å². The molecule has 4 aromatic carbocycles. The predicted octanol–water partition coefficient (Wildman–Crippen LogP) is 9.52. The van der Waals surface area contributed by atoms with Gasteiger partial charge in [0.15, 0.2) is 0 Å². The maximum absolute atomic E-state index is 2.75. The first-order valence-electron chi connectivity index (χ1n) is 15.4. The third kappa shape index (κ3) is 2.44. The number of benzene rings is 4. The highest BCUT2D eigenvalue weighted by Crippen LogP contribution is 2.65. The Kier molecular flexibility index (Phi) is 3.59. The SMILES string of the molecule is c1cc2ccc3ccc(C45CC6CC(CC(C6)C4)C5)c4c(C56CC7CC(CC(C7)C5)C6)cc(c1)c2c34. The molecule has 8 aliphatic carbocycles. The van der Waals surface area contributed by atoms with Gasteiger partial charge in [-0.15, -0.1) is 0 Å². The lowest BCUT2D eigenvalue weighted by Crippen LogP contribution is -2.50. The summed E-state index contributed by atoms with van der Waals surface area (Å²) in [6.45, 7) is 0. The smallest absolute Gasteiger partial charge is 0.00208 e. The highest BCUT2D eigenvalue weighted by atomic mass is 14.6. The Labute approximate surface area is 215 Å². The minimum absolute atomic E-state index is 0.440. The van der Waals surface area contributed by atoms with Gasteiger partial charge < -0.3 is 0 Å². The quantitative estimate of drug-likeness (QED) is 0.256. The van der Waals surface area contributed by atoms with E-state index >= 15 is 0 Å². The molecular formula is C36H38. The molecule has 0 nitrogen and oxygen atoms in total. The summed E-state index contributed by atoms with van der Waals surface area (Å²) in [5.41, 5.74) is 4.51. The molecule has 0 N–H and O–H groups in total. The van der Waals surface area contributed by atoms with Crippen molar-refractivity contribution in [1.29, 1.82) is 0 Å². The van der Waals surface area contributed by atoms with E-state index in [-0.39, 0.29) is 0 Å². The van der Waals surface area contributed by atoms with Crippen molar-refractivity contribution < 1.29 is 0 Å². The zero-order valence-corrected chi connectivity index (χ0v) is 21.6. The molecule has 0 heterocycles. The van der Waals surface area contributed by atoms with Crippen LogP contribution in [0.4, 0.5) is 0 Å². The molecule has 0 amide bonds. The first-order chi connectivity index (χ1) is 17.6. The Bertz CT molecular complexity index is 1480. The van der Waals surface area contributed by atoms with E-state index in [1.807, 2.05) is 5.56 Å². The largest absolute Gasteiger partial charge is 0.0610 e. The van der Waals surface area contributed by atoms with E-state index in [0.29, 0.717) is 10.8 Å². The molecule has 0 atom stereocenters. The van der Waals surface area contributed by atoms with E-state index in [2.05, 4.69) is 48.5 Å². The van der Waals surface area contributed by atoms with E-state index in [0.717, 1.165) is 35.5 Å². The molecule has 8 bridgehead atoms. The van der Waals surface area contributed by atoms with E-state index < -0.39 is 0 Å². The lowest BCUT2D eigenvalue weighted by atomic mass is 9.46. The fourth-order valence-corrected chi connectivity index (χ4v) is 12.6. The predicted molar refractivity (Wildman–Crippen MR) is 150 cm³/mol. The number of hydrogen-bond donors (Lipinski definition) is 0. The molecule has 0 radical (unpaired) electrons. The van der Waals surface area contributed by atoms with Crippen molar-refractivity contribution in [3.05, 3.63) is 59.7 Å². The molecule has 0 saturated heterocycles. The van der Waals surface area contributed by atoms with Gasteiger partial charge in [-0.3, -0.25) is 0 Å². The van der Waals surface area contributed by atoms with Crippen LogP contribution in [-0.4, -0.2) is 0 Å². The van der Waals surface area contributed by atoms with Gasteiger partial charge in [-0.2, -0.15) is 0 Å². The summed E-state index contributed by atoms with van der Waals surface area (Å²) in [6.07, 6.45) is 18.0. The molecule has 36 heavy (non-hydrogen) atoms. The summed E-state index contributed by atoms with van der Waals surface area (Å²) >= 11 is 0. The molecular weight excluding hydrogens is 432 g/mol. The van der Waals surface area contributed by atoms with Crippen molar-refractivity contribution in [2.75, 3.05) is 0 Å². The van der Waals surface area contributed by atoms with Crippen LogP contribution in [0.1, 0.15) is 88.2 Å². The maximum Gasteiger partial charge on any atom is -0.00208 e. The van der Waals surface area contributed by atoms with Gasteiger partial charge in [0.25, 0.3) is 0 Å². The van der Waals surface area contributed by atoms with E-state index in [1.54, 1.807) is 21.7 Å². The van der Waals surface area contributed by atoms with Crippen LogP contribution in [0.5, 0.6) is 0 Å². The van der Waals surface area contributed by atoms with Crippen LogP contribution in [0.15, 0.2) is 48.5 Å². The van der Waals surface area contributed by atoms with Crippen molar-refractivity contribution in [2.45, 2.75) is 87.9 Å². The normalized spacial score (nSPS) is 42.4. The summed E-state index contributed by atoms with van der Waals surface area (Å²) in [5.74, 6) is 5.97. The fraction of sp³-hybridized carbons (Fsp3) is 0.556. The van der Waals surface area contributed by atoms with Gasteiger partial charge in [0.2, 0.25) is 0 Å². The maximum atomic E-state index is 2.75. The zero-order chi connectivity index (χ0) is 23.2. The molecule has 0 heteroatoms. The Morgan fingerprint density at radius 2 is 0.861 bits per heavy atom. The lowest BCUT2D eigenvalue weighted by molar-refractivity contribution is -0.00674. The lowest BCUT2D eigenvalue weighted by Gasteiger charge is -2.59. The van der Waals surface area contributed by atoms with Crippen molar-refractivity contribution in [3.8, 4) is 0 Å². The van der Waals surface area contributed by atoms with Gasteiger partial charge in [-0.1, -0.05) is 42.5 Å². The second-order valence-electron chi connectivity index (χ2n) is 15.1. The topological polar surface area (TPSA) is 0 Å². The van der Waals surface area contributed by atoms with Gasteiger partial charge in [0.1, 0.15) is 0 Å². The fourth-order valence-electron chi connectivity index (χ4n) is 12.6. The van der Waals surface area contributed by atoms with Crippen LogP contribution < -0.4 is 0 Å². The van der Waals surface area contributed by atoms with Crippen molar-refractivity contribution in [1.82, 2.24) is 0 Å². The van der Waals surface area contributed by atoms with Crippen LogP contribution in [0.25, 0.3) is 32.3 Å². The summed E-state index contributed by atoms with van der Waals surface area (Å²) in [7, 11) is 0. The summed E-state index contributed by atoms with van der Waals surface area (Å²) in [4.78, 5) is 0. The first kappa shape index (κ1) is 20.0. The zero-order valence-electron chi connectivity index (χ0n) is 21.6. The van der Waals surface area contributed by atoms with Gasteiger partial charge in [-0.25, -0.2) is 0 Å². The second-order valence-corrected chi connectivity index (χ2v) is 15.1. The summed E-state index contributed by atoms with van der Waals surface area (Å²) in [6, 6.07) is 19.9. The van der Waals surface area contributed by atoms with Crippen LogP contribution in [0, 0.1) is 35.5 Å². The Morgan fingerprint density at radius 3 is 1.42 bits per heavy atom. The summed E-state index contributed by atoms with van der Waals surface area (Å²) in [5, 5.41) is 9.42. The molecule has 8 aliphatic rings. The molecule has 8 saturated carbocycles. The first-order valence-corrected chi connectivity index (χ1v) is 15.4. The highest BCUT2D eigenvalue weighted by molar-refractivity contribution is 6.24. The van der Waals surface area contributed by atoms with Gasteiger partial charge in [0, 0.05) is 0 Å². The molecule has 4 aromatic rings. The summed E-state index contributed by atoms with van der Waals surface area (Å²) < 4.78 is 0. The number of rotatable bonds is 2. The Hall–Kier alpha value is -2.08. The average molecular weight is 471 g/mol. The highest BCUT2D eigenvalue weighted by Gasteiger charge is 2.55. The molecule has 12 rings (SSSR count). The van der Waals surface area contributed by atoms with Crippen LogP contribution in [-0.2, 0) is 10.8 Å². The molecule has 0 spiro atoms. The third-order valence-corrected chi connectivity index (χ3v) is 12.8. The van der Waals surface area contributed by atoms with E-state index in [1.165, 1.54) is 93.2 Å². The van der Waals surface area contributed by atoms with Crippen LogP contribution in [0.3, 0.4) is 0 Å². The Balaban J connectivity index is 1.33. The molecule has 182 valence electrons. The molecule has 0 aliphatic heterocycles. The monoisotopic (exact) mass is 470 g/mol. The minimum atomic E-state index is 0.440.